The molecule has 0 spiro atoms. The summed E-state index contributed by atoms with van der Waals surface area (Å²) in [6.07, 6.45) is -1.08. The molecule has 0 saturated heterocycles. The van der Waals surface area contributed by atoms with Gasteiger partial charge in [0.1, 0.15) is 0 Å². The number of ether oxygens (including phenoxy) is 1. The van der Waals surface area contributed by atoms with Crippen LogP contribution in [0.3, 0.4) is 0 Å². The molecule has 1 atom stereocenters. The molecule has 0 aliphatic rings. The Kier molecular flexibility index (Phi) is 6.50. The molecule has 0 fully saturated rings. The van der Waals surface area contributed by atoms with E-state index in [0.717, 1.165) is 11.6 Å². The average molecular weight is 419 g/mol. The van der Waals surface area contributed by atoms with Crippen molar-refractivity contribution in [3.05, 3.63) is 59.2 Å². The summed E-state index contributed by atoms with van der Waals surface area (Å²) in [4.78, 5) is 24.5. The van der Waals surface area contributed by atoms with Gasteiger partial charge in [-0.15, -0.1) is 0 Å². The van der Waals surface area contributed by atoms with E-state index in [1.165, 1.54) is 19.1 Å². The van der Waals surface area contributed by atoms with Crippen molar-refractivity contribution in [1.29, 1.82) is 0 Å². The minimum Gasteiger partial charge on any atom is -0.449 e. The van der Waals surface area contributed by atoms with E-state index in [0.29, 0.717) is 11.3 Å². The summed E-state index contributed by atoms with van der Waals surface area (Å²) in [7, 11) is -3.98. The Hall–Kier alpha value is -2.71. The largest absolute Gasteiger partial charge is 0.449 e. The summed E-state index contributed by atoms with van der Waals surface area (Å²) < 4.78 is 28.4. The molecule has 0 aliphatic heterocycles. The topological polar surface area (TPSA) is 116 Å². The number of rotatable bonds is 5. The number of primary sulfonamides is 1. The van der Waals surface area contributed by atoms with Crippen molar-refractivity contribution in [3.8, 4) is 0 Å². The molecule has 0 radical (unpaired) electrons. The first-order valence-corrected chi connectivity index (χ1v) is 10.6. The van der Waals surface area contributed by atoms with E-state index in [4.69, 9.17) is 9.88 Å². The highest BCUT2D eigenvalue weighted by molar-refractivity contribution is 7.89. The van der Waals surface area contributed by atoms with Crippen molar-refractivity contribution < 1.29 is 22.7 Å². The van der Waals surface area contributed by atoms with Crippen molar-refractivity contribution in [3.63, 3.8) is 0 Å². The highest BCUT2D eigenvalue weighted by Gasteiger charge is 2.21. The highest BCUT2D eigenvalue weighted by Crippen LogP contribution is 2.23. The van der Waals surface area contributed by atoms with Crippen LogP contribution in [0, 0.1) is 6.92 Å². The van der Waals surface area contributed by atoms with Crippen LogP contribution in [0.1, 0.15) is 49.2 Å². The van der Waals surface area contributed by atoms with E-state index in [-0.39, 0.29) is 15.9 Å². The summed E-state index contributed by atoms with van der Waals surface area (Å²) in [5.74, 6) is -1.32. The van der Waals surface area contributed by atoms with E-state index < -0.39 is 28.0 Å². The second kappa shape index (κ2) is 8.34. The SMILES string of the molecule is Cc1ccc(C(=O)OC(C)C(=O)Nc2ccc(C(C)(C)C)cc2)cc1S(N)(=O)=O. The molecule has 8 heteroatoms. The van der Waals surface area contributed by atoms with Crippen LogP contribution in [-0.4, -0.2) is 26.4 Å². The van der Waals surface area contributed by atoms with Crippen LogP contribution in [0.25, 0.3) is 0 Å². The van der Waals surface area contributed by atoms with Gasteiger partial charge in [0.25, 0.3) is 5.91 Å². The maximum atomic E-state index is 12.3. The number of hydrogen-bond acceptors (Lipinski definition) is 5. The zero-order valence-electron chi connectivity index (χ0n) is 17.1. The lowest BCUT2D eigenvalue weighted by molar-refractivity contribution is -0.123. The van der Waals surface area contributed by atoms with Crippen LogP contribution in [0.4, 0.5) is 5.69 Å². The molecule has 0 aliphatic carbocycles. The van der Waals surface area contributed by atoms with Crippen molar-refractivity contribution in [2.75, 3.05) is 5.32 Å². The fraction of sp³-hybridized carbons (Fsp3) is 0.333. The summed E-state index contributed by atoms with van der Waals surface area (Å²) in [6, 6.07) is 11.4. The zero-order chi connectivity index (χ0) is 22.0. The highest BCUT2D eigenvalue weighted by atomic mass is 32.2. The summed E-state index contributed by atoms with van der Waals surface area (Å²) in [5, 5.41) is 7.85. The lowest BCUT2D eigenvalue weighted by Gasteiger charge is -2.19. The van der Waals surface area contributed by atoms with Gasteiger partial charge in [-0.25, -0.2) is 18.4 Å². The van der Waals surface area contributed by atoms with Gasteiger partial charge < -0.3 is 10.1 Å². The van der Waals surface area contributed by atoms with Crippen LogP contribution >= 0.6 is 0 Å². The third-order valence-electron chi connectivity index (χ3n) is 4.40. The molecule has 0 saturated carbocycles. The third kappa shape index (κ3) is 5.88. The van der Waals surface area contributed by atoms with Crippen molar-refractivity contribution in [1.82, 2.24) is 0 Å². The Balaban J connectivity index is 2.07. The Bertz CT molecular complexity index is 1020. The first-order valence-electron chi connectivity index (χ1n) is 9.05. The molecule has 2 aromatic rings. The molecule has 0 bridgehead atoms. The standard InChI is InChI=1S/C21H26N2O5S/c1-13-6-7-15(12-18(13)29(22,26)27)20(25)28-14(2)19(24)23-17-10-8-16(9-11-17)21(3,4)5/h6-12,14H,1-5H3,(H,23,24)(H2,22,26,27). The number of nitrogens with one attached hydrogen (secondary N) is 1. The minimum atomic E-state index is -3.98. The second-order valence-corrected chi connectivity index (χ2v) is 9.42. The number of carbonyl (C=O) groups excluding carboxylic acids is 2. The first kappa shape index (κ1) is 22.6. The van der Waals surface area contributed by atoms with Crippen LogP contribution in [0.5, 0.6) is 0 Å². The first-order chi connectivity index (χ1) is 13.3. The Morgan fingerprint density at radius 3 is 2.17 bits per heavy atom. The molecule has 3 N–H and O–H groups in total. The molecule has 0 heterocycles. The average Bonchev–Trinajstić information content (AvgIpc) is 2.60. The van der Waals surface area contributed by atoms with Crippen molar-refractivity contribution in [2.24, 2.45) is 5.14 Å². The maximum Gasteiger partial charge on any atom is 0.338 e. The predicted molar refractivity (Wildman–Crippen MR) is 111 cm³/mol. The van der Waals surface area contributed by atoms with Crippen LogP contribution in [-0.2, 0) is 25.0 Å². The van der Waals surface area contributed by atoms with E-state index in [1.807, 2.05) is 12.1 Å². The monoisotopic (exact) mass is 418 g/mol. The molecule has 1 unspecified atom stereocenters. The Morgan fingerprint density at radius 2 is 1.66 bits per heavy atom. The predicted octanol–water partition coefficient (Wildman–Crippen LogP) is 3.12. The summed E-state index contributed by atoms with van der Waals surface area (Å²) >= 11 is 0. The van der Waals surface area contributed by atoms with E-state index in [1.54, 1.807) is 19.1 Å². The number of sulfonamides is 1. The molecular weight excluding hydrogens is 392 g/mol. The number of aryl methyl sites for hydroxylation is 1. The summed E-state index contributed by atoms with van der Waals surface area (Å²) in [5.41, 5.74) is 2.11. The number of anilines is 1. The van der Waals surface area contributed by atoms with Gasteiger partial charge in [0.2, 0.25) is 10.0 Å². The molecule has 1 amide bonds. The van der Waals surface area contributed by atoms with Crippen LogP contribution in [0.2, 0.25) is 0 Å². The molecule has 29 heavy (non-hydrogen) atoms. The van der Waals surface area contributed by atoms with Gasteiger partial charge in [0.15, 0.2) is 6.10 Å². The van der Waals surface area contributed by atoms with Gasteiger partial charge in [-0.05, 0) is 54.7 Å². The summed E-state index contributed by atoms with van der Waals surface area (Å²) in [6.45, 7) is 9.28. The molecule has 156 valence electrons. The molecule has 2 aromatic carbocycles. The number of esters is 1. The lowest BCUT2D eigenvalue weighted by Crippen LogP contribution is -2.30. The Labute approximate surface area is 171 Å². The quantitative estimate of drug-likeness (QED) is 0.724. The number of hydrogen-bond donors (Lipinski definition) is 2. The van der Waals surface area contributed by atoms with Crippen LogP contribution in [0.15, 0.2) is 47.4 Å². The van der Waals surface area contributed by atoms with Crippen LogP contribution < -0.4 is 10.5 Å². The van der Waals surface area contributed by atoms with Gasteiger partial charge in [0, 0.05) is 5.69 Å². The third-order valence-corrected chi connectivity index (χ3v) is 5.45. The lowest BCUT2D eigenvalue weighted by atomic mass is 9.87. The van der Waals surface area contributed by atoms with Gasteiger partial charge in [-0.1, -0.05) is 39.0 Å². The maximum absolute atomic E-state index is 12.3. The minimum absolute atomic E-state index is 0.00470. The van der Waals surface area contributed by atoms with Crippen molar-refractivity contribution in [2.45, 2.75) is 51.0 Å². The number of carbonyl (C=O) groups is 2. The van der Waals surface area contributed by atoms with E-state index >= 15 is 0 Å². The second-order valence-electron chi connectivity index (χ2n) is 7.89. The van der Waals surface area contributed by atoms with Crippen molar-refractivity contribution >= 4 is 27.6 Å². The normalized spacial score (nSPS) is 12.9. The van der Waals surface area contributed by atoms with Gasteiger partial charge in [-0.3, -0.25) is 4.79 Å². The molecular formula is C21H26N2O5S. The van der Waals surface area contributed by atoms with Gasteiger partial charge >= 0.3 is 5.97 Å². The van der Waals surface area contributed by atoms with E-state index in [2.05, 4.69) is 26.1 Å². The number of nitrogens with two attached hydrogens (primary N) is 1. The van der Waals surface area contributed by atoms with Gasteiger partial charge in [-0.2, -0.15) is 0 Å². The zero-order valence-corrected chi connectivity index (χ0v) is 18.0. The molecule has 0 aromatic heterocycles. The number of amides is 1. The Morgan fingerprint density at radius 1 is 1.07 bits per heavy atom. The molecule has 2 rings (SSSR count). The smallest absolute Gasteiger partial charge is 0.338 e. The number of benzene rings is 2. The van der Waals surface area contributed by atoms with E-state index in [9.17, 15) is 18.0 Å². The fourth-order valence-corrected chi connectivity index (χ4v) is 3.42. The molecule has 7 nitrogen and oxygen atoms in total. The van der Waals surface area contributed by atoms with Gasteiger partial charge in [0.05, 0.1) is 10.5 Å². The fourth-order valence-electron chi connectivity index (χ4n) is 2.61.